The van der Waals surface area contributed by atoms with E-state index in [0.717, 1.165) is 18.4 Å². The zero-order valence-electron chi connectivity index (χ0n) is 13.1. The van der Waals surface area contributed by atoms with E-state index in [-0.39, 0.29) is 23.7 Å². The standard InChI is InChI=1S/C15H14ClF2N3O3S/c1-25(23,24)15-19-12-7-21(5-4-8(12)14(22)20-15)6-9-11(17)3-2-10(16)13(9)18/h2-3H,4-7H2,1H3,(H,19,20,22). The average molecular weight is 390 g/mol. The third kappa shape index (κ3) is 3.58. The molecule has 1 aliphatic rings. The van der Waals surface area contributed by atoms with E-state index in [9.17, 15) is 22.0 Å². The first-order chi connectivity index (χ1) is 11.7. The van der Waals surface area contributed by atoms with Gasteiger partial charge in [-0.05, 0) is 18.6 Å². The second kappa shape index (κ2) is 6.47. The number of nitrogens with one attached hydrogen (secondary N) is 1. The first-order valence-electron chi connectivity index (χ1n) is 7.33. The third-order valence-electron chi connectivity index (χ3n) is 4.00. The van der Waals surface area contributed by atoms with Gasteiger partial charge in [0.05, 0.1) is 10.7 Å². The Morgan fingerprint density at radius 1 is 1.36 bits per heavy atom. The highest BCUT2D eigenvalue weighted by atomic mass is 35.5. The Balaban J connectivity index is 1.93. The number of rotatable bonds is 3. The van der Waals surface area contributed by atoms with Crippen LogP contribution in [0.25, 0.3) is 0 Å². The minimum absolute atomic E-state index is 0.0691. The van der Waals surface area contributed by atoms with Gasteiger partial charge < -0.3 is 0 Å². The zero-order valence-corrected chi connectivity index (χ0v) is 14.7. The lowest BCUT2D eigenvalue weighted by Gasteiger charge is -2.27. The molecule has 0 atom stereocenters. The lowest BCUT2D eigenvalue weighted by atomic mass is 10.1. The van der Waals surface area contributed by atoms with Crippen molar-refractivity contribution in [3.8, 4) is 0 Å². The van der Waals surface area contributed by atoms with Crippen LogP contribution >= 0.6 is 11.6 Å². The number of benzene rings is 1. The predicted molar refractivity (Wildman–Crippen MR) is 87.2 cm³/mol. The van der Waals surface area contributed by atoms with Gasteiger partial charge in [0.1, 0.15) is 11.6 Å². The van der Waals surface area contributed by atoms with Crippen LogP contribution in [-0.4, -0.2) is 36.1 Å². The van der Waals surface area contributed by atoms with Crippen LogP contribution in [0.1, 0.15) is 16.8 Å². The van der Waals surface area contributed by atoms with Crippen LogP contribution in [0.5, 0.6) is 0 Å². The van der Waals surface area contributed by atoms with Gasteiger partial charge in [-0.25, -0.2) is 22.2 Å². The molecule has 0 unspecified atom stereocenters. The van der Waals surface area contributed by atoms with Crippen molar-refractivity contribution in [1.82, 2.24) is 14.9 Å². The molecule has 2 heterocycles. The number of halogens is 3. The van der Waals surface area contributed by atoms with Crippen molar-refractivity contribution in [3.05, 3.63) is 56.0 Å². The number of hydrogen-bond donors (Lipinski definition) is 1. The number of aromatic amines is 1. The van der Waals surface area contributed by atoms with E-state index in [1.165, 1.54) is 0 Å². The lowest BCUT2D eigenvalue weighted by Crippen LogP contribution is -2.36. The molecule has 25 heavy (non-hydrogen) atoms. The number of nitrogens with zero attached hydrogens (tertiary/aromatic N) is 2. The van der Waals surface area contributed by atoms with Gasteiger partial charge >= 0.3 is 0 Å². The second-order valence-electron chi connectivity index (χ2n) is 5.85. The van der Waals surface area contributed by atoms with E-state index >= 15 is 0 Å². The molecule has 6 nitrogen and oxygen atoms in total. The van der Waals surface area contributed by atoms with E-state index in [1.807, 2.05) is 0 Å². The summed E-state index contributed by atoms with van der Waals surface area (Å²) in [6, 6.07) is 2.23. The molecule has 1 aliphatic heterocycles. The highest BCUT2D eigenvalue weighted by Gasteiger charge is 2.25. The molecular formula is C15H14ClF2N3O3S. The molecule has 1 N–H and O–H groups in total. The molecule has 0 amide bonds. The molecule has 0 saturated carbocycles. The number of aromatic nitrogens is 2. The quantitative estimate of drug-likeness (QED) is 0.637. The molecule has 1 aromatic carbocycles. The van der Waals surface area contributed by atoms with Crippen LogP contribution in [0.2, 0.25) is 5.02 Å². The Bertz CT molecular complexity index is 1010. The Hall–Kier alpha value is -1.84. The summed E-state index contributed by atoms with van der Waals surface area (Å²) in [6.07, 6.45) is 1.24. The minimum atomic E-state index is -3.68. The van der Waals surface area contributed by atoms with Crippen molar-refractivity contribution in [1.29, 1.82) is 0 Å². The van der Waals surface area contributed by atoms with E-state index in [2.05, 4.69) is 9.97 Å². The molecule has 0 radical (unpaired) electrons. The van der Waals surface area contributed by atoms with Crippen molar-refractivity contribution in [2.45, 2.75) is 24.7 Å². The van der Waals surface area contributed by atoms with E-state index < -0.39 is 32.2 Å². The summed E-state index contributed by atoms with van der Waals surface area (Å²) in [6.45, 7) is 0.412. The van der Waals surface area contributed by atoms with Crippen LogP contribution < -0.4 is 5.56 Å². The lowest BCUT2D eigenvalue weighted by molar-refractivity contribution is 0.232. The summed E-state index contributed by atoms with van der Waals surface area (Å²) < 4.78 is 51.2. The monoisotopic (exact) mass is 389 g/mol. The highest BCUT2D eigenvalue weighted by molar-refractivity contribution is 7.90. The molecule has 1 aromatic heterocycles. The molecule has 10 heteroatoms. The molecule has 0 saturated heterocycles. The first-order valence-corrected chi connectivity index (χ1v) is 9.60. The first kappa shape index (κ1) is 18.0. The molecule has 2 aromatic rings. The number of H-pyrrole nitrogens is 1. The smallest absolute Gasteiger partial charge is 0.255 e. The zero-order chi connectivity index (χ0) is 18.4. The van der Waals surface area contributed by atoms with Crippen LogP contribution in [-0.2, 0) is 29.3 Å². The number of fused-ring (bicyclic) bond motifs is 1. The fourth-order valence-corrected chi connectivity index (χ4v) is 3.45. The molecule has 0 spiro atoms. The SMILES string of the molecule is CS(=O)(=O)c1nc2c(c(=O)[nH]1)CCN(Cc1c(F)ccc(Cl)c1F)C2. The largest absolute Gasteiger partial charge is 0.297 e. The summed E-state index contributed by atoms with van der Waals surface area (Å²) in [4.78, 5) is 20.0. The molecule has 3 rings (SSSR count). The second-order valence-corrected chi connectivity index (χ2v) is 8.19. The van der Waals surface area contributed by atoms with E-state index in [0.29, 0.717) is 24.2 Å². The highest BCUT2D eigenvalue weighted by Crippen LogP contribution is 2.24. The number of sulfone groups is 1. The van der Waals surface area contributed by atoms with Gasteiger partial charge in [-0.15, -0.1) is 0 Å². The van der Waals surface area contributed by atoms with Crippen molar-refractivity contribution in [2.75, 3.05) is 12.8 Å². The van der Waals surface area contributed by atoms with Crippen LogP contribution in [0, 0.1) is 11.6 Å². The van der Waals surface area contributed by atoms with Crippen LogP contribution in [0.15, 0.2) is 22.1 Å². The Morgan fingerprint density at radius 3 is 2.76 bits per heavy atom. The van der Waals surface area contributed by atoms with Gasteiger partial charge in [0.15, 0.2) is 0 Å². The molecule has 0 fully saturated rings. The van der Waals surface area contributed by atoms with Crippen molar-refractivity contribution >= 4 is 21.4 Å². The number of hydrogen-bond acceptors (Lipinski definition) is 5. The maximum Gasteiger partial charge on any atom is 0.255 e. The van der Waals surface area contributed by atoms with E-state index in [1.54, 1.807) is 4.90 Å². The summed E-state index contributed by atoms with van der Waals surface area (Å²) in [5, 5.41) is -0.596. The van der Waals surface area contributed by atoms with Crippen LogP contribution in [0.4, 0.5) is 8.78 Å². The van der Waals surface area contributed by atoms with Crippen molar-refractivity contribution in [3.63, 3.8) is 0 Å². The summed E-state index contributed by atoms with van der Waals surface area (Å²) >= 11 is 5.69. The topological polar surface area (TPSA) is 83.1 Å². The summed E-state index contributed by atoms with van der Waals surface area (Å²) in [5.41, 5.74) is -0.0109. The van der Waals surface area contributed by atoms with Crippen molar-refractivity contribution < 1.29 is 17.2 Å². The van der Waals surface area contributed by atoms with Gasteiger partial charge in [0, 0.05) is 37.0 Å². The fourth-order valence-electron chi connectivity index (χ4n) is 2.72. The van der Waals surface area contributed by atoms with Crippen LogP contribution in [0.3, 0.4) is 0 Å². The summed E-state index contributed by atoms with van der Waals surface area (Å²) in [7, 11) is -3.68. The van der Waals surface area contributed by atoms with E-state index in [4.69, 9.17) is 11.6 Å². The predicted octanol–water partition coefficient (Wildman–Crippen LogP) is 1.66. The van der Waals surface area contributed by atoms with Gasteiger partial charge in [-0.1, -0.05) is 11.6 Å². The minimum Gasteiger partial charge on any atom is -0.297 e. The van der Waals surface area contributed by atoms with Gasteiger partial charge in [0.25, 0.3) is 5.56 Å². The van der Waals surface area contributed by atoms with Crippen molar-refractivity contribution in [2.24, 2.45) is 0 Å². The Labute approximate surface area is 147 Å². The van der Waals surface area contributed by atoms with Gasteiger partial charge in [-0.2, -0.15) is 0 Å². The molecule has 0 aliphatic carbocycles. The average Bonchev–Trinajstić information content (AvgIpc) is 2.54. The Kier molecular flexibility index (Phi) is 4.65. The maximum atomic E-state index is 14.0. The third-order valence-corrected chi connectivity index (χ3v) is 5.19. The molecule has 0 bridgehead atoms. The molecule has 134 valence electrons. The maximum absolute atomic E-state index is 14.0. The van der Waals surface area contributed by atoms with Gasteiger partial charge in [-0.3, -0.25) is 14.7 Å². The van der Waals surface area contributed by atoms with Gasteiger partial charge in [0.2, 0.25) is 15.0 Å². The normalized spacial score (nSPS) is 15.2. The summed E-state index contributed by atoms with van der Waals surface area (Å²) in [5.74, 6) is -1.55. The fraction of sp³-hybridized carbons (Fsp3) is 0.333. The molecular weight excluding hydrogens is 376 g/mol. The Morgan fingerprint density at radius 2 is 2.08 bits per heavy atom.